The number of hydrogen-bond donors (Lipinski definition) is 3. The van der Waals surface area contributed by atoms with Gasteiger partial charge in [0.1, 0.15) is 17.1 Å². The number of phenols is 2. The molecule has 0 fully saturated rings. The lowest BCUT2D eigenvalue weighted by Crippen LogP contribution is -2.23. The third kappa shape index (κ3) is 2.12. The summed E-state index contributed by atoms with van der Waals surface area (Å²) >= 11 is 0. The summed E-state index contributed by atoms with van der Waals surface area (Å²) in [5.74, 6) is -5.00. The van der Waals surface area contributed by atoms with Crippen molar-refractivity contribution in [1.82, 2.24) is 0 Å². The van der Waals surface area contributed by atoms with Crippen molar-refractivity contribution in [2.24, 2.45) is 0 Å². The molecular formula is C18H14O8. The van der Waals surface area contributed by atoms with Crippen molar-refractivity contribution in [3.63, 3.8) is 0 Å². The van der Waals surface area contributed by atoms with Crippen LogP contribution in [-0.4, -0.2) is 47.1 Å². The number of carbonyl (C=O) groups excluding carboxylic acids is 3. The normalized spacial score (nSPS) is 13.8. The molecule has 2 aromatic rings. The quantitative estimate of drug-likeness (QED) is 0.696. The lowest BCUT2D eigenvalue weighted by Gasteiger charge is -2.20. The summed E-state index contributed by atoms with van der Waals surface area (Å²) in [6.07, 6.45) is 0. The number of Topliss-reactive ketones (excluding diaryl/α,β-unsaturated/α-hetero) is 2. The summed E-state index contributed by atoms with van der Waals surface area (Å²) in [4.78, 5) is 36.8. The van der Waals surface area contributed by atoms with Gasteiger partial charge in [0.15, 0.2) is 0 Å². The zero-order chi connectivity index (χ0) is 19.3. The van der Waals surface area contributed by atoms with Gasteiger partial charge in [0, 0.05) is 10.9 Å². The van der Waals surface area contributed by atoms with Crippen molar-refractivity contribution in [2.75, 3.05) is 14.2 Å². The minimum absolute atomic E-state index is 0.0972. The summed E-state index contributed by atoms with van der Waals surface area (Å²) in [6.45, 7) is 1.46. The van der Waals surface area contributed by atoms with Crippen molar-refractivity contribution in [3.8, 4) is 11.5 Å². The van der Waals surface area contributed by atoms with Crippen LogP contribution < -0.4 is 0 Å². The summed E-state index contributed by atoms with van der Waals surface area (Å²) in [5.41, 5.74) is -0.579. The van der Waals surface area contributed by atoms with E-state index in [0.717, 1.165) is 14.2 Å². The number of esters is 1. The number of benzene rings is 2. The molecule has 0 heterocycles. The molecule has 2 aromatic carbocycles. The second-order valence-corrected chi connectivity index (χ2v) is 5.67. The van der Waals surface area contributed by atoms with Crippen molar-refractivity contribution in [1.29, 1.82) is 0 Å². The van der Waals surface area contributed by atoms with E-state index in [9.17, 15) is 29.7 Å². The van der Waals surface area contributed by atoms with Crippen LogP contribution in [0.2, 0.25) is 0 Å². The van der Waals surface area contributed by atoms with Gasteiger partial charge in [-0.2, -0.15) is 0 Å². The van der Waals surface area contributed by atoms with E-state index in [4.69, 9.17) is 4.74 Å². The van der Waals surface area contributed by atoms with Gasteiger partial charge in [-0.3, -0.25) is 9.59 Å². The number of aryl methyl sites for hydroxylation is 1. The van der Waals surface area contributed by atoms with E-state index >= 15 is 0 Å². The maximum atomic E-state index is 12.5. The average Bonchev–Trinajstić information content (AvgIpc) is 2.59. The van der Waals surface area contributed by atoms with Crippen molar-refractivity contribution in [2.45, 2.75) is 6.92 Å². The van der Waals surface area contributed by atoms with E-state index in [-0.39, 0.29) is 33.0 Å². The first-order chi connectivity index (χ1) is 12.2. The zero-order valence-electron chi connectivity index (χ0n) is 14.0. The minimum Gasteiger partial charge on any atom is -0.507 e. The van der Waals surface area contributed by atoms with E-state index in [1.807, 2.05) is 0 Å². The average molecular weight is 358 g/mol. The number of allylic oxidation sites excluding steroid dienone is 2. The second kappa shape index (κ2) is 5.76. The molecular weight excluding hydrogens is 344 g/mol. The Hall–Kier alpha value is -3.55. The van der Waals surface area contributed by atoms with Crippen LogP contribution in [0.25, 0.3) is 10.8 Å². The topological polar surface area (TPSA) is 130 Å². The highest BCUT2D eigenvalue weighted by Gasteiger charge is 2.37. The number of ether oxygens (including phenoxy) is 2. The largest absolute Gasteiger partial charge is 0.507 e. The van der Waals surface area contributed by atoms with Crippen LogP contribution >= 0.6 is 0 Å². The van der Waals surface area contributed by atoms with Crippen LogP contribution in [0.5, 0.6) is 11.5 Å². The molecule has 0 bridgehead atoms. The monoisotopic (exact) mass is 358 g/mol. The van der Waals surface area contributed by atoms with E-state index in [1.54, 1.807) is 0 Å². The number of aliphatic hydroxyl groups excluding tert-OH is 1. The van der Waals surface area contributed by atoms with E-state index < -0.39 is 40.6 Å². The number of methoxy groups -OCH3 is 2. The molecule has 0 aromatic heterocycles. The van der Waals surface area contributed by atoms with Gasteiger partial charge in [-0.25, -0.2) is 4.79 Å². The van der Waals surface area contributed by atoms with Crippen LogP contribution in [0.1, 0.15) is 36.6 Å². The molecule has 0 radical (unpaired) electrons. The number of rotatable bonds is 2. The molecule has 8 nitrogen and oxygen atoms in total. The second-order valence-electron chi connectivity index (χ2n) is 5.67. The lowest BCUT2D eigenvalue weighted by atomic mass is 9.86. The molecule has 134 valence electrons. The molecule has 1 aliphatic carbocycles. The smallest absolute Gasteiger partial charge is 0.341 e. The van der Waals surface area contributed by atoms with Gasteiger partial charge in [0.05, 0.1) is 19.8 Å². The van der Waals surface area contributed by atoms with Crippen molar-refractivity contribution in [3.05, 3.63) is 45.9 Å². The van der Waals surface area contributed by atoms with Gasteiger partial charge in [-0.1, -0.05) is 0 Å². The molecule has 0 amide bonds. The van der Waals surface area contributed by atoms with Gasteiger partial charge in [0.2, 0.25) is 23.1 Å². The third-order valence-corrected chi connectivity index (χ3v) is 4.33. The molecule has 0 saturated carbocycles. The Morgan fingerprint density at radius 3 is 2.27 bits per heavy atom. The Morgan fingerprint density at radius 2 is 1.69 bits per heavy atom. The van der Waals surface area contributed by atoms with Gasteiger partial charge >= 0.3 is 5.97 Å². The highest BCUT2D eigenvalue weighted by atomic mass is 16.5. The Balaban J connectivity index is 2.45. The number of fused-ring (bicyclic) bond motifs is 2. The molecule has 3 N–H and O–H groups in total. The number of phenolic OH excluding ortho intramolecular Hbond substituents is 2. The first kappa shape index (κ1) is 17.3. The summed E-state index contributed by atoms with van der Waals surface area (Å²) < 4.78 is 9.40. The van der Waals surface area contributed by atoms with Gasteiger partial charge in [0.25, 0.3) is 0 Å². The number of hydrogen-bond acceptors (Lipinski definition) is 8. The van der Waals surface area contributed by atoms with Crippen LogP contribution in [0.15, 0.2) is 23.7 Å². The molecule has 1 aliphatic rings. The van der Waals surface area contributed by atoms with Gasteiger partial charge in [-0.15, -0.1) is 0 Å². The Labute approximate surface area is 146 Å². The fraction of sp³-hybridized carbons (Fsp3) is 0.167. The van der Waals surface area contributed by atoms with Crippen molar-refractivity contribution >= 4 is 28.3 Å². The molecule has 26 heavy (non-hydrogen) atoms. The number of carbonyl (C=O) groups is 3. The van der Waals surface area contributed by atoms with Crippen LogP contribution in [-0.2, 0) is 9.47 Å². The highest BCUT2D eigenvalue weighted by Crippen LogP contribution is 2.42. The van der Waals surface area contributed by atoms with Crippen molar-refractivity contribution < 1.29 is 39.2 Å². The van der Waals surface area contributed by atoms with E-state index in [2.05, 4.69) is 4.74 Å². The zero-order valence-corrected chi connectivity index (χ0v) is 14.0. The highest BCUT2D eigenvalue weighted by molar-refractivity contribution is 6.28. The maximum Gasteiger partial charge on any atom is 0.341 e. The first-order valence-electron chi connectivity index (χ1n) is 7.41. The summed E-state index contributed by atoms with van der Waals surface area (Å²) in [5, 5.41) is 31.0. The fourth-order valence-corrected chi connectivity index (χ4v) is 3.14. The lowest BCUT2D eigenvalue weighted by molar-refractivity contribution is 0.0596. The first-order valence-corrected chi connectivity index (χ1v) is 7.41. The Kier molecular flexibility index (Phi) is 3.83. The molecule has 0 unspecified atom stereocenters. The Bertz CT molecular complexity index is 1050. The molecule has 0 spiro atoms. The summed E-state index contributed by atoms with van der Waals surface area (Å²) in [7, 11) is 2.25. The fourth-order valence-electron chi connectivity index (χ4n) is 3.14. The SMILES string of the molecule is COC(=O)c1c(O)cc2cc3c(c(O)c2c1C)C(=O)C(OC)=C(O)C3=O. The molecule has 0 aliphatic heterocycles. The van der Waals surface area contributed by atoms with Crippen LogP contribution in [0.3, 0.4) is 0 Å². The molecule has 0 saturated heterocycles. The Morgan fingerprint density at radius 1 is 1.04 bits per heavy atom. The van der Waals surface area contributed by atoms with E-state index in [1.165, 1.54) is 19.1 Å². The van der Waals surface area contributed by atoms with E-state index in [0.29, 0.717) is 0 Å². The maximum absolute atomic E-state index is 12.5. The van der Waals surface area contributed by atoms with Gasteiger partial charge < -0.3 is 24.8 Å². The third-order valence-electron chi connectivity index (χ3n) is 4.33. The molecule has 8 heteroatoms. The molecule has 3 rings (SSSR count). The molecule has 0 atom stereocenters. The standard InChI is InChI=1S/C18H14O8/c1-6-10-7(5-9(19)11(6)18(24)26-3)4-8-12(14(10)21)15(22)17(25-2)16(23)13(8)20/h4-5,19,21,23H,1-3H3. The summed E-state index contributed by atoms with van der Waals surface area (Å²) in [6, 6.07) is 2.42. The van der Waals surface area contributed by atoms with Gasteiger partial charge in [-0.05, 0) is 30.0 Å². The number of aromatic hydroxyl groups is 2. The van der Waals surface area contributed by atoms with Crippen LogP contribution in [0, 0.1) is 6.92 Å². The predicted octanol–water partition coefficient (Wildman–Crippen LogP) is 2.14. The van der Waals surface area contributed by atoms with Crippen LogP contribution in [0.4, 0.5) is 0 Å². The minimum atomic E-state index is -0.900. The number of ketones is 2. The number of aliphatic hydroxyl groups is 1. The predicted molar refractivity (Wildman–Crippen MR) is 88.7 cm³/mol.